The van der Waals surface area contributed by atoms with Crippen molar-refractivity contribution in [3.63, 3.8) is 0 Å². The van der Waals surface area contributed by atoms with Crippen LogP contribution < -0.4 is 5.32 Å². The van der Waals surface area contributed by atoms with Crippen molar-refractivity contribution < 1.29 is 22.0 Å². The van der Waals surface area contributed by atoms with Gasteiger partial charge in [-0.25, -0.2) is 8.78 Å². The van der Waals surface area contributed by atoms with Crippen molar-refractivity contribution in [3.05, 3.63) is 23.7 Å². The highest BCUT2D eigenvalue weighted by atomic mass is 19.3. The summed E-state index contributed by atoms with van der Waals surface area (Å²) in [5.41, 5.74) is 0. The van der Waals surface area contributed by atoms with Crippen molar-refractivity contribution in [2.75, 3.05) is 6.54 Å². The van der Waals surface area contributed by atoms with Crippen molar-refractivity contribution in [2.45, 2.75) is 38.2 Å². The van der Waals surface area contributed by atoms with E-state index in [0.29, 0.717) is 17.6 Å². The van der Waals surface area contributed by atoms with Gasteiger partial charge in [0, 0.05) is 5.92 Å². The van der Waals surface area contributed by atoms with Gasteiger partial charge in [0.05, 0.1) is 13.1 Å². The first-order chi connectivity index (χ1) is 8.40. The van der Waals surface area contributed by atoms with Crippen LogP contribution in [0.3, 0.4) is 0 Å². The largest absolute Gasteiger partial charge is 0.464 e. The molecule has 102 valence electrons. The third-order valence-corrected chi connectivity index (χ3v) is 3.14. The maximum absolute atomic E-state index is 12.6. The topological polar surface area (TPSA) is 25.2 Å². The van der Waals surface area contributed by atoms with Crippen LogP contribution in [-0.2, 0) is 6.54 Å². The van der Waals surface area contributed by atoms with E-state index in [1.54, 1.807) is 6.07 Å². The first kappa shape index (κ1) is 13.4. The molecule has 1 aliphatic carbocycles. The first-order valence-electron chi connectivity index (χ1n) is 5.85. The predicted molar refractivity (Wildman–Crippen MR) is 57.9 cm³/mol. The monoisotopic (exact) mass is 265 g/mol. The molecule has 1 fully saturated rings. The Labute approximate surface area is 102 Å². The lowest BCUT2D eigenvalue weighted by Crippen LogP contribution is -2.38. The summed E-state index contributed by atoms with van der Waals surface area (Å²) in [7, 11) is 0. The minimum Gasteiger partial charge on any atom is -0.464 e. The first-order valence-corrected chi connectivity index (χ1v) is 5.85. The lowest BCUT2D eigenvalue weighted by atomic mass is 10.3. The molecule has 1 aliphatic rings. The van der Waals surface area contributed by atoms with E-state index < -0.39 is 18.9 Å². The van der Waals surface area contributed by atoms with Gasteiger partial charge in [-0.15, -0.1) is 0 Å². The average molecular weight is 265 g/mol. The molecular formula is C12H15F4NO. The van der Waals surface area contributed by atoms with Crippen LogP contribution in [0.5, 0.6) is 0 Å². The fraction of sp³-hybridized carbons (Fsp3) is 0.667. The third-order valence-electron chi connectivity index (χ3n) is 3.14. The minimum absolute atomic E-state index is 0.0312. The molecule has 0 saturated heterocycles. The van der Waals surface area contributed by atoms with Gasteiger partial charge < -0.3 is 9.73 Å². The molecule has 0 radical (unpaired) electrons. The maximum Gasteiger partial charge on any atom is 0.319 e. The van der Waals surface area contributed by atoms with Crippen molar-refractivity contribution in [2.24, 2.45) is 5.92 Å². The highest BCUT2D eigenvalue weighted by molar-refractivity contribution is 5.17. The Bertz CT molecular complexity index is 405. The van der Waals surface area contributed by atoms with E-state index in [1.807, 2.05) is 6.07 Å². The Hall–Kier alpha value is -1.04. The Balaban J connectivity index is 1.78. The number of rotatable bonds is 6. The summed E-state index contributed by atoms with van der Waals surface area (Å²) in [6.45, 7) is 1.08. The van der Waals surface area contributed by atoms with E-state index in [2.05, 4.69) is 12.2 Å². The lowest BCUT2D eigenvalue weighted by Gasteiger charge is -2.15. The normalized spacial score (nSPS) is 23.7. The zero-order chi connectivity index (χ0) is 13.3. The van der Waals surface area contributed by atoms with Crippen molar-refractivity contribution >= 4 is 0 Å². The second kappa shape index (κ2) is 4.91. The van der Waals surface area contributed by atoms with E-state index >= 15 is 0 Å². The molecule has 1 heterocycles. The molecule has 18 heavy (non-hydrogen) atoms. The van der Waals surface area contributed by atoms with E-state index in [0.717, 1.165) is 12.2 Å². The SMILES string of the molecule is CC1CC1c1ccc(CNCC(F)(F)C(F)F)o1. The van der Waals surface area contributed by atoms with Gasteiger partial charge in [0.25, 0.3) is 0 Å². The molecule has 0 amide bonds. The third kappa shape index (κ3) is 3.04. The van der Waals surface area contributed by atoms with E-state index in [9.17, 15) is 17.6 Å². The molecule has 2 nitrogen and oxygen atoms in total. The molecule has 1 aromatic rings. The van der Waals surface area contributed by atoms with Crippen LogP contribution in [-0.4, -0.2) is 18.9 Å². The summed E-state index contributed by atoms with van der Waals surface area (Å²) >= 11 is 0. The molecule has 0 bridgehead atoms. The molecule has 0 aromatic carbocycles. The summed E-state index contributed by atoms with van der Waals surface area (Å²) in [6.07, 6.45) is -2.58. The Morgan fingerprint density at radius 1 is 1.44 bits per heavy atom. The molecule has 1 saturated carbocycles. The highest BCUT2D eigenvalue weighted by Gasteiger charge is 2.40. The van der Waals surface area contributed by atoms with E-state index in [1.165, 1.54) is 0 Å². The van der Waals surface area contributed by atoms with Gasteiger partial charge in [0.2, 0.25) is 0 Å². The molecular weight excluding hydrogens is 250 g/mol. The minimum atomic E-state index is -4.00. The molecule has 0 aliphatic heterocycles. The van der Waals surface area contributed by atoms with Gasteiger partial charge in [-0.3, -0.25) is 0 Å². The van der Waals surface area contributed by atoms with Gasteiger partial charge >= 0.3 is 12.3 Å². The van der Waals surface area contributed by atoms with Crippen LogP contribution in [0.25, 0.3) is 0 Å². The van der Waals surface area contributed by atoms with Crippen LogP contribution in [0.4, 0.5) is 17.6 Å². The molecule has 2 rings (SSSR count). The smallest absolute Gasteiger partial charge is 0.319 e. The van der Waals surface area contributed by atoms with Crippen molar-refractivity contribution in [1.82, 2.24) is 5.32 Å². The standard InChI is InChI=1S/C12H15F4NO/c1-7-4-9(7)10-3-2-8(18-10)5-17-6-12(15,16)11(13)14/h2-3,7,9,11,17H,4-6H2,1H3. The summed E-state index contributed by atoms with van der Waals surface area (Å²) in [5, 5.41) is 2.28. The van der Waals surface area contributed by atoms with E-state index in [-0.39, 0.29) is 6.54 Å². The van der Waals surface area contributed by atoms with Gasteiger partial charge in [-0.05, 0) is 24.5 Å². The zero-order valence-electron chi connectivity index (χ0n) is 9.93. The molecule has 1 N–H and O–H groups in total. The van der Waals surface area contributed by atoms with Crippen LogP contribution in [0.1, 0.15) is 30.8 Å². The fourth-order valence-electron chi connectivity index (χ4n) is 1.84. The summed E-state index contributed by atoms with van der Waals surface area (Å²) < 4.78 is 54.4. The van der Waals surface area contributed by atoms with Crippen molar-refractivity contribution in [1.29, 1.82) is 0 Å². The van der Waals surface area contributed by atoms with Gasteiger partial charge in [0.15, 0.2) is 0 Å². The number of nitrogens with one attached hydrogen (secondary N) is 1. The zero-order valence-corrected chi connectivity index (χ0v) is 9.93. The Morgan fingerprint density at radius 2 is 2.11 bits per heavy atom. The van der Waals surface area contributed by atoms with Gasteiger partial charge in [-0.2, -0.15) is 8.78 Å². The van der Waals surface area contributed by atoms with Crippen molar-refractivity contribution in [3.8, 4) is 0 Å². The molecule has 2 atom stereocenters. The lowest BCUT2D eigenvalue weighted by molar-refractivity contribution is -0.125. The number of halogens is 4. The highest BCUT2D eigenvalue weighted by Crippen LogP contribution is 2.47. The van der Waals surface area contributed by atoms with Gasteiger partial charge in [0.1, 0.15) is 11.5 Å². The van der Waals surface area contributed by atoms with Crippen LogP contribution in [0, 0.1) is 5.92 Å². The Kier molecular flexibility index (Phi) is 3.66. The van der Waals surface area contributed by atoms with Crippen LogP contribution >= 0.6 is 0 Å². The second-order valence-electron chi connectivity index (χ2n) is 4.79. The van der Waals surface area contributed by atoms with Crippen LogP contribution in [0.2, 0.25) is 0 Å². The number of furan rings is 1. The van der Waals surface area contributed by atoms with Gasteiger partial charge in [-0.1, -0.05) is 6.92 Å². The van der Waals surface area contributed by atoms with Crippen LogP contribution in [0.15, 0.2) is 16.5 Å². The van der Waals surface area contributed by atoms with E-state index in [4.69, 9.17) is 4.42 Å². The maximum atomic E-state index is 12.6. The molecule has 1 aromatic heterocycles. The molecule has 6 heteroatoms. The summed E-state index contributed by atoms with van der Waals surface area (Å²) in [4.78, 5) is 0. The number of hydrogen-bond donors (Lipinski definition) is 1. The second-order valence-corrected chi connectivity index (χ2v) is 4.79. The number of alkyl halides is 4. The average Bonchev–Trinajstić information content (AvgIpc) is 2.84. The summed E-state index contributed by atoms with van der Waals surface area (Å²) in [5.74, 6) is -1.64. The molecule has 2 unspecified atom stereocenters. The Morgan fingerprint density at radius 3 is 2.67 bits per heavy atom. The quantitative estimate of drug-likeness (QED) is 0.797. The number of hydrogen-bond acceptors (Lipinski definition) is 2. The molecule has 0 spiro atoms. The summed E-state index contributed by atoms with van der Waals surface area (Å²) in [6, 6.07) is 3.50. The fourth-order valence-corrected chi connectivity index (χ4v) is 1.84. The predicted octanol–water partition coefficient (Wildman–Crippen LogP) is 3.39.